The molecule has 4 heteroatoms. The molecular formula is C20H27NO3. The Hall–Kier alpha value is -0.420. The molecule has 0 aromatic carbocycles. The molecule has 6 saturated carbocycles. The largest absolute Gasteiger partial charge is 0.392 e. The molecule has 0 amide bonds. The van der Waals surface area contributed by atoms with Crippen molar-refractivity contribution >= 4 is 0 Å². The number of nitrogens with zero attached hydrogens (tertiary/aromatic N) is 1. The van der Waals surface area contributed by atoms with Gasteiger partial charge in [-0.05, 0) is 60.3 Å². The van der Waals surface area contributed by atoms with Crippen LogP contribution < -0.4 is 0 Å². The molecule has 13 atom stereocenters. The van der Waals surface area contributed by atoms with Gasteiger partial charge in [0.05, 0.1) is 18.3 Å². The Morgan fingerprint density at radius 3 is 2.75 bits per heavy atom. The summed E-state index contributed by atoms with van der Waals surface area (Å²) in [5, 5.41) is 34.1. The van der Waals surface area contributed by atoms with Crippen molar-refractivity contribution in [3.05, 3.63) is 12.2 Å². The minimum atomic E-state index is -0.569. The van der Waals surface area contributed by atoms with Crippen molar-refractivity contribution < 1.29 is 15.3 Å². The van der Waals surface area contributed by atoms with E-state index in [0.717, 1.165) is 37.8 Å². The molecule has 2 spiro atoms. The van der Waals surface area contributed by atoms with Gasteiger partial charge in [-0.1, -0.05) is 13.5 Å². The van der Waals surface area contributed by atoms with Crippen LogP contribution >= 0.6 is 0 Å². The molecule has 0 radical (unpaired) electrons. The van der Waals surface area contributed by atoms with Crippen LogP contribution in [-0.4, -0.2) is 57.2 Å². The van der Waals surface area contributed by atoms with Gasteiger partial charge in [-0.15, -0.1) is 0 Å². The van der Waals surface area contributed by atoms with Crippen LogP contribution in [0.1, 0.15) is 32.6 Å². The fourth-order valence-electron chi connectivity index (χ4n) is 10.3. The average Bonchev–Trinajstić information content (AvgIpc) is 3.03. The number of rotatable bonds is 0. The second kappa shape index (κ2) is 3.40. The Morgan fingerprint density at radius 1 is 1.17 bits per heavy atom. The third kappa shape index (κ3) is 0.903. The van der Waals surface area contributed by atoms with E-state index in [1.807, 2.05) is 0 Å². The second-order valence-electron chi connectivity index (χ2n) is 10.5. The van der Waals surface area contributed by atoms with Crippen molar-refractivity contribution in [2.75, 3.05) is 6.54 Å². The van der Waals surface area contributed by atoms with E-state index in [0.29, 0.717) is 23.8 Å². The highest BCUT2D eigenvalue weighted by atomic mass is 16.3. The average molecular weight is 329 g/mol. The van der Waals surface area contributed by atoms with Crippen LogP contribution in [0.2, 0.25) is 0 Å². The molecule has 24 heavy (non-hydrogen) atoms. The molecule has 0 aromatic heterocycles. The van der Waals surface area contributed by atoms with E-state index >= 15 is 0 Å². The van der Waals surface area contributed by atoms with Crippen molar-refractivity contribution in [2.45, 2.75) is 63.0 Å². The van der Waals surface area contributed by atoms with Crippen molar-refractivity contribution in [1.82, 2.24) is 4.90 Å². The number of fused-ring (bicyclic) bond motifs is 1. The van der Waals surface area contributed by atoms with E-state index in [9.17, 15) is 15.3 Å². The van der Waals surface area contributed by atoms with Gasteiger partial charge >= 0.3 is 0 Å². The Bertz CT molecular complexity index is 709. The fraction of sp³-hybridized carbons (Fsp3) is 0.900. The van der Waals surface area contributed by atoms with Crippen LogP contribution in [-0.2, 0) is 0 Å². The predicted molar refractivity (Wildman–Crippen MR) is 86.8 cm³/mol. The van der Waals surface area contributed by atoms with Crippen molar-refractivity contribution in [3.8, 4) is 0 Å². The molecule has 3 saturated heterocycles. The lowest BCUT2D eigenvalue weighted by Crippen LogP contribution is -2.72. The summed E-state index contributed by atoms with van der Waals surface area (Å²) in [5.74, 6) is 1.42. The monoisotopic (exact) mass is 329 g/mol. The smallest absolute Gasteiger partial charge is 0.0837 e. The van der Waals surface area contributed by atoms with E-state index in [1.165, 1.54) is 0 Å². The summed E-state index contributed by atoms with van der Waals surface area (Å²) >= 11 is 0. The van der Waals surface area contributed by atoms with Gasteiger partial charge in [0, 0.05) is 29.5 Å². The molecule has 0 aromatic rings. The summed E-state index contributed by atoms with van der Waals surface area (Å²) in [4.78, 5) is 2.60. The molecule has 9 rings (SSSR count). The second-order valence-corrected chi connectivity index (χ2v) is 10.5. The normalized spacial score (nSPS) is 76.1. The SMILES string of the molecule is C=C1[C@@H]2C[C@H]3[C@@]45[C@H](O)CC[C@@]6(C)CN7[C@@H]([C@@H](O)[C@@]3([C@@H]1O)[C@H](C2)[C@@H]74)[C@H]65. The summed E-state index contributed by atoms with van der Waals surface area (Å²) in [5.41, 5.74) is 0.714. The maximum Gasteiger partial charge on any atom is 0.0837 e. The maximum absolute atomic E-state index is 11.6. The number of aliphatic hydroxyl groups excluding tert-OH is 3. The van der Waals surface area contributed by atoms with Gasteiger partial charge in [0.15, 0.2) is 0 Å². The van der Waals surface area contributed by atoms with E-state index in [4.69, 9.17) is 0 Å². The molecule has 9 bridgehead atoms. The minimum absolute atomic E-state index is 0.0732. The highest BCUT2D eigenvalue weighted by molar-refractivity contribution is 5.45. The zero-order valence-corrected chi connectivity index (χ0v) is 14.2. The first-order valence-electron chi connectivity index (χ1n) is 9.88. The van der Waals surface area contributed by atoms with Gasteiger partial charge in [-0.25, -0.2) is 0 Å². The molecule has 3 N–H and O–H groups in total. The summed E-state index contributed by atoms with van der Waals surface area (Å²) in [6, 6.07) is 0.538. The zero-order chi connectivity index (χ0) is 16.4. The third-order valence-corrected chi connectivity index (χ3v) is 10.5. The van der Waals surface area contributed by atoms with Crippen LogP contribution in [0.3, 0.4) is 0 Å². The van der Waals surface area contributed by atoms with Gasteiger partial charge in [0.2, 0.25) is 0 Å². The van der Waals surface area contributed by atoms with Crippen molar-refractivity contribution in [2.24, 2.45) is 39.9 Å². The third-order valence-electron chi connectivity index (χ3n) is 10.5. The van der Waals surface area contributed by atoms with Crippen LogP contribution in [0.5, 0.6) is 0 Å². The van der Waals surface area contributed by atoms with E-state index in [2.05, 4.69) is 18.4 Å². The number of hydrogen-bond acceptors (Lipinski definition) is 4. The lowest BCUT2D eigenvalue weighted by molar-refractivity contribution is -0.240. The Balaban J connectivity index is 1.57. The van der Waals surface area contributed by atoms with E-state index in [1.54, 1.807) is 0 Å². The number of piperidine rings is 2. The molecule has 3 aliphatic heterocycles. The number of aliphatic hydroxyl groups is 3. The molecule has 6 aliphatic carbocycles. The summed E-state index contributed by atoms with van der Waals surface area (Å²) in [6.07, 6.45) is 2.80. The van der Waals surface area contributed by atoms with Crippen LogP contribution in [0.4, 0.5) is 0 Å². The van der Waals surface area contributed by atoms with Gasteiger partial charge in [0.25, 0.3) is 0 Å². The van der Waals surface area contributed by atoms with Crippen molar-refractivity contribution in [1.29, 1.82) is 0 Å². The summed E-state index contributed by atoms with van der Waals surface area (Å²) in [7, 11) is 0. The molecule has 9 fully saturated rings. The summed E-state index contributed by atoms with van der Waals surface area (Å²) in [6.45, 7) is 7.70. The Kier molecular flexibility index (Phi) is 1.95. The van der Waals surface area contributed by atoms with Gasteiger partial charge in [-0.3, -0.25) is 4.90 Å². The van der Waals surface area contributed by atoms with E-state index in [-0.39, 0.29) is 28.9 Å². The van der Waals surface area contributed by atoms with Crippen molar-refractivity contribution in [3.63, 3.8) is 0 Å². The summed E-state index contributed by atoms with van der Waals surface area (Å²) < 4.78 is 0. The van der Waals surface area contributed by atoms with Gasteiger partial charge in [-0.2, -0.15) is 0 Å². The van der Waals surface area contributed by atoms with Crippen LogP contribution in [0, 0.1) is 39.9 Å². The predicted octanol–water partition coefficient (Wildman–Crippen LogP) is 0.764. The first kappa shape index (κ1) is 13.7. The first-order valence-corrected chi connectivity index (χ1v) is 9.88. The highest BCUT2D eigenvalue weighted by Gasteiger charge is 2.92. The Labute approximate surface area is 142 Å². The molecule has 1 unspecified atom stereocenters. The first-order chi connectivity index (χ1) is 11.4. The standard InChI is InChI=1S/C20H27NO3/c1-8-9-5-10-15-20-11(6-9)19(10,16(8)23)17(24)13-14(20)18(2,7-21(13)15)4-3-12(20)22/h9-17,22-24H,1,3-7H2,2H3/t9-,10+,11+,12+,13+,14+,15+,16+,17+,18-,19-,20-/m0/s1. The van der Waals surface area contributed by atoms with E-state index < -0.39 is 17.6 Å². The minimum Gasteiger partial charge on any atom is -0.392 e. The lowest BCUT2D eigenvalue weighted by atomic mass is 9.39. The fourth-order valence-corrected chi connectivity index (χ4v) is 10.3. The molecule has 9 aliphatic rings. The zero-order valence-electron chi connectivity index (χ0n) is 14.2. The quantitative estimate of drug-likeness (QED) is 0.574. The Morgan fingerprint density at radius 2 is 1.96 bits per heavy atom. The molecular weight excluding hydrogens is 302 g/mol. The number of hydrogen-bond donors (Lipinski definition) is 3. The molecule has 4 nitrogen and oxygen atoms in total. The van der Waals surface area contributed by atoms with Gasteiger partial charge < -0.3 is 15.3 Å². The highest BCUT2D eigenvalue weighted by Crippen LogP contribution is 2.86. The van der Waals surface area contributed by atoms with Crippen LogP contribution in [0.25, 0.3) is 0 Å². The van der Waals surface area contributed by atoms with Crippen LogP contribution in [0.15, 0.2) is 12.2 Å². The molecule has 130 valence electrons. The molecule has 3 heterocycles. The lowest BCUT2D eigenvalue weighted by Gasteiger charge is -2.66. The topological polar surface area (TPSA) is 63.9 Å². The van der Waals surface area contributed by atoms with Gasteiger partial charge in [0.1, 0.15) is 0 Å². The maximum atomic E-state index is 11.6.